The van der Waals surface area contributed by atoms with E-state index in [9.17, 15) is 4.79 Å². The third-order valence-electron chi connectivity index (χ3n) is 8.43. The highest BCUT2D eigenvalue weighted by molar-refractivity contribution is 6.00. The number of aryl methyl sites for hydroxylation is 1. The van der Waals surface area contributed by atoms with Crippen molar-refractivity contribution in [2.24, 2.45) is 24.6 Å². The Morgan fingerprint density at radius 3 is 2.68 bits per heavy atom. The molecule has 4 aromatic rings. The highest BCUT2D eigenvalue weighted by Crippen LogP contribution is 2.39. The number of fused-ring (bicyclic) bond motifs is 3. The Bertz CT molecular complexity index is 1500. The molecular formula is C28H31N7O2. The highest BCUT2D eigenvalue weighted by Gasteiger charge is 2.47. The van der Waals surface area contributed by atoms with Gasteiger partial charge in [0.2, 0.25) is 0 Å². The lowest BCUT2D eigenvalue weighted by molar-refractivity contribution is 0.0700. The summed E-state index contributed by atoms with van der Waals surface area (Å²) in [5.74, 6) is 3.32. The van der Waals surface area contributed by atoms with Crippen LogP contribution in [0.3, 0.4) is 0 Å². The van der Waals surface area contributed by atoms with Gasteiger partial charge >= 0.3 is 0 Å². The number of nitrogens with two attached hydrogens (primary N) is 1. The van der Waals surface area contributed by atoms with Crippen LogP contribution in [0.1, 0.15) is 36.0 Å². The largest absolute Gasteiger partial charge is 0.494 e. The van der Waals surface area contributed by atoms with Crippen molar-refractivity contribution in [2.45, 2.75) is 44.3 Å². The van der Waals surface area contributed by atoms with E-state index in [1.54, 1.807) is 13.3 Å². The lowest BCUT2D eigenvalue weighted by Crippen LogP contribution is -2.41. The molecule has 1 aromatic carbocycles. The maximum atomic E-state index is 13.6. The fourth-order valence-corrected chi connectivity index (χ4v) is 6.26. The number of amides is 1. The van der Waals surface area contributed by atoms with Crippen molar-refractivity contribution in [3.8, 4) is 28.8 Å². The summed E-state index contributed by atoms with van der Waals surface area (Å²) in [6, 6.07) is 9.82. The first-order chi connectivity index (χ1) is 18.0. The van der Waals surface area contributed by atoms with Crippen LogP contribution in [0.15, 0.2) is 42.7 Å². The van der Waals surface area contributed by atoms with Crippen LogP contribution in [-0.2, 0) is 13.6 Å². The molecule has 0 radical (unpaired) electrons. The molecule has 1 saturated heterocycles. The zero-order valence-corrected chi connectivity index (χ0v) is 21.2. The molecule has 9 heteroatoms. The van der Waals surface area contributed by atoms with Crippen molar-refractivity contribution in [2.75, 3.05) is 13.7 Å². The van der Waals surface area contributed by atoms with Gasteiger partial charge in [0.25, 0.3) is 5.91 Å². The standard InChI is InChI=1S/C28H31N7O2/c1-33-25-20(11-18(12-23(25)37-2)28(36)35-15-17-8-9-21(35)24(17)29)32-27(33)22-13-31-26(19-5-3-4-10-30-19)34(22)14-16-6-7-16/h3-5,10-13,16-17,21,24H,6-9,14-15,29H2,1-2H3/t17-,21-,24-/m1/s1. The molecule has 37 heavy (non-hydrogen) atoms. The number of ether oxygens (including phenoxy) is 1. The molecule has 190 valence electrons. The predicted molar refractivity (Wildman–Crippen MR) is 140 cm³/mol. The zero-order chi connectivity index (χ0) is 25.3. The van der Waals surface area contributed by atoms with E-state index < -0.39 is 0 Å². The lowest BCUT2D eigenvalue weighted by Gasteiger charge is -2.27. The molecular weight excluding hydrogens is 466 g/mol. The normalized spacial score (nSPS) is 22.8. The van der Waals surface area contributed by atoms with Gasteiger partial charge in [0.15, 0.2) is 11.6 Å². The maximum Gasteiger partial charge on any atom is 0.254 e. The first-order valence-corrected chi connectivity index (χ1v) is 13.1. The Morgan fingerprint density at radius 1 is 1.14 bits per heavy atom. The van der Waals surface area contributed by atoms with Crippen LogP contribution in [0.5, 0.6) is 5.75 Å². The smallest absolute Gasteiger partial charge is 0.254 e. The van der Waals surface area contributed by atoms with E-state index in [0.29, 0.717) is 23.1 Å². The average molecular weight is 498 g/mol. The molecule has 3 aliphatic rings. The van der Waals surface area contributed by atoms with Crippen LogP contribution in [0.4, 0.5) is 0 Å². The molecule has 3 atom stereocenters. The summed E-state index contributed by atoms with van der Waals surface area (Å²) in [6.07, 6.45) is 8.22. The minimum atomic E-state index is 0.00580. The minimum absolute atomic E-state index is 0.00580. The summed E-state index contributed by atoms with van der Waals surface area (Å²) in [6.45, 7) is 1.61. The number of benzene rings is 1. The molecule has 0 unspecified atom stereocenters. The van der Waals surface area contributed by atoms with Crippen LogP contribution in [0.2, 0.25) is 0 Å². The number of piperidine rings is 1. The first kappa shape index (κ1) is 22.5. The Kier molecular flexibility index (Phi) is 5.11. The van der Waals surface area contributed by atoms with E-state index in [4.69, 9.17) is 20.4 Å². The number of carbonyl (C=O) groups is 1. The molecule has 2 saturated carbocycles. The Hall–Kier alpha value is -3.72. The van der Waals surface area contributed by atoms with Gasteiger partial charge in [-0.3, -0.25) is 9.78 Å². The number of nitrogens with zero attached hydrogens (tertiary/aromatic N) is 6. The predicted octanol–water partition coefficient (Wildman–Crippen LogP) is 3.48. The molecule has 3 aromatic heterocycles. The van der Waals surface area contributed by atoms with Gasteiger partial charge < -0.3 is 24.5 Å². The number of carbonyl (C=O) groups excluding carboxylic acids is 1. The Labute approximate surface area is 215 Å². The van der Waals surface area contributed by atoms with Gasteiger partial charge in [-0.25, -0.2) is 9.97 Å². The van der Waals surface area contributed by atoms with E-state index in [0.717, 1.165) is 60.0 Å². The number of hydrogen-bond acceptors (Lipinski definition) is 6. The second kappa shape index (κ2) is 8.41. The second-order valence-corrected chi connectivity index (χ2v) is 10.7. The van der Waals surface area contributed by atoms with Gasteiger partial charge in [-0.2, -0.15) is 0 Å². The Morgan fingerprint density at radius 2 is 2.00 bits per heavy atom. The SMILES string of the molecule is COc1cc(C(=O)N2C[C@H]3CC[C@@H]2[C@@H]3N)cc2nc(-c3cnc(-c4ccccn4)n3CC3CC3)n(C)c12. The van der Waals surface area contributed by atoms with E-state index >= 15 is 0 Å². The van der Waals surface area contributed by atoms with Crippen LogP contribution >= 0.6 is 0 Å². The van der Waals surface area contributed by atoms with E-state index in [2.05, 4.69) is 9.55 Å². The summed E-state index contributed by atoms with van der Waals surface area (Å²) in [5, 5.41) is 0. The molecule has 4 heterocycles. The molecule has 1 aliphatic heterocycles. The summed E-state index contributed by atoms with van der Waals surface area (Å²) >= 11 is 0. The molecule has 2 N–H and O–H groups in total. The fourth-order valence-electron chi connectivity index (χ4n) is 6.26. The number of likely N-dealkylation sites (tertiary alicyclic amines) is 1. The number of methoxy groups -OCH3 is 1. The summed E-state index contributed by atoms with van der Waals surface area (Å²) < 4.78 is 10.1. The maximum absolute atomic E-state index is 13.6. The quantitative estimate of drug-likeness (QED) is 0.437. The van der Waals surface area contributed by atoms with E-state index in [1.807, 2.05) is 53.0 Å². The lowest BCUT2D eigenvalue weighted by atomic mass is 10.1. The van der Waals surface area contributed by atoms with Crippen molar-refractivity contribution in [3.63, 3.8) is 0 Å². The molecule has 3 fully saturated rings. The first-order valence-electron chi connectivity index (χ1n) is 13.1. The monoisotopic (exact) mass is 497 g/mol. The van der Waals surface area contributed by atoms with Gasteiger partial charge in [0.05, 0.1) is 18.8 Å². The second-order valence-electron chi connectivity index (χ2n) is 10.7. The van der Waals surface area contributed by atoms with Crippen molar-refractivity contribution in [3.05, 3.63) is 48.3 Å². The van der Waals surface area contributed by atoms with Crippen molar-refractivity contribution in [1.82, 2.24) is 29.0 Å². The van der Waals surface area contributed by atoms with E-state index in [1.165, 1.54) is 12.8 Å². The average Bonchev–Trinajstić information content (AvgIpc) is 3.25. The molecule has 2 bridgehead atoms. The van der Waals surface area contributed by atoms with Gasteiger partial charge in [-0.1, -0.05) is 6.07 Å². The molecule has 9 nitrogen and oxygen atoms in total. The number of aromatic nitrogens is 5. The molecule has 2 aliphatic carbocycles. The summed E-state index contributed by atoms with van der Waals surface area (Å²) in [5.41, 5.74) is 10.3. The highest BCUT2D eigenvalue weighted by atomic mass is 16.5. The fraction of sp³-hybridized carbons (Fsp3) is 0.429. The van der Waals surface area contributed by atoms with Crippen molar-refractivity contribution >= 4 is 16.9 Å². The van der Waals surface area contributed by atoms with Gasteiger partial charge in [-0.05, 0) is 61.8 Å². The number of imidazole rings is 2. The number of rotatable bonds is 6. The van der Waals surface area contributed by atoms with Gasteiger partial charge in [0.1, 0.15) is 22.7 Å². The van der Waals surface area contributed by atoms with Crippen LogP contribution in [0.25, 0.3) is 34.1 Å². The molecule has 0 spiro atoms. The number of pyridine rings is 1. The summed E-state index contributed by atoms with van der Waals surface area (Å²) in [4.78, 5) is 29.8. The van der Waals surface area contributed by atoms with Gasteiger partial charge in [-0.15, -0.1) is 0 Å². The minimum Gasteiger partial charge on any atom is -0.494 e. The van der Waals surface area contributed by atoms with Crippen molar-refractivity contribution in [1.29, 1.82) is 0 Å². The summed E-state index contributed by atoms with van der Waals surface area (Å²) in [7, 11) is 3.63. The molecule has 1 amide bonds. The van der Waals surface area contributed by atoms with Gasteiger partial charge in [0, 0.05) is 44.0 Å². The number of hydrogen-bond donors (Lipinski definition) is 1. The molecule has 7 rings (SSSR count). The third-order valence-corrected chi connectivity index (χ3v) is 8.43. The van der Waals surface area contributed by atoms with Crippen LogP contribution in [0, 0.1) is 11.8 Å². The Balaban J connectivity index is 1.32. The van der Waals surface area contributed by atoms with Crippen LogP contribution < -0.4 is 10.5 Å². The zero-order valence-electron chi connectivity index (χ0n) is 21.2. The van der Waals surface area contributed by atoms with E-state index in [-0.39, 0.29) is 18.0 Å². The van der Waals surface area contributed by atoms with Crippen molar-refractivity contribution < 1.29 is 9.53 Å². The third kappa shape index (κ3) is 3.55. The van der Waals surface area contributed by atoms with Crippen LogP contribution in [-0.4, -0.2) is 60.6 Å². The topological polar surface area (TPSA) is 104 Å².